The summed E-state index contributed by atoms with van der Waals surface area (Å²) < 4.78 is 11.0. The molecule has 2 aliphatic heterocycles. The molecule has 0 saturated carbocycles. The van der Waals surface area contributed by atoms with E-state index < -0.39 is 12.4 Å². The van der Waals surface area contributed by atoms with E-state index in [1.165, 1.54) is 0 Å². The number of fused-ring (bicyclic) bond motifs is 2. The smallest absolute Gasteiger partial charge is 0.167 e. The van der Waals surface area contributed by atoms with Gasteiger partial charge < -0.3 is 14.6 Å². The molecule has 82 valence electrons. The Kier molecular flexibility index (Phi) is 2.16. The minimum Gasteiger partial charge on any atom is -0.392 e. The van der Waals surface area contributed by atoms with Crippen LogP contribution in [-0.2, 0) is 14.3 Å². The van der Waals surface area contributed by atoms with Gasteiger partial charge in [0.1, 0.15) is 0 Å². The van der Waals surface area contributed by atoms with Crippen molar-refractivity contribution in [2.24, 2.45) is 5.92 Å². The van der Waals surface area contributed by atoms with E-state index in [9.17, 15) is 9.90 Å². The minimum atomic E-state index is -0.490. The molecule has 0 bridgehead atoms. The fourth-order valence-electron chi connectivity index (χ4n) is 2.73. The first-order valence-electron chi connectivity index (χ1n) is 5.44. The summed E-state index contributed by atoms with van der Waals surface area (Å²) in [6.07, 6.45) is 1.06. The molecular formula is C11H14O4. The summed E-state index contributed by atoms with van der Waals surface area (Å²) in [5, 5.41) is 9.92. The van der Waals surface area contributed by atoms with E-state index in [0.29, 0.717) is 26.1 Å². The summed E-state index contributed by atoms with van der Waals surface area (Å²) in [6.45, 7) is 1.01. The van der Waals surface area contributed by atoms with E-state index in [1.54, 1.807) is 0 Å². The van der Waals surface area contributed by atoms with Crippen LogP contribution in [0.3, 0.4) is 0 Å². The summed E-state index contributed by atoms with van der Waals surface area (Å²) in [4.78, 5) is 11.7. The molecular weight excluding hydrogens is 196 g/mol. The molecule has 1 saturated heterocycles. The summed E-state index contributed by atoms with van der Waals surface area (Å²) in [5.41, 5.74) is 1.88. The highest BCUT2D eigenvalue weighted by Gasteiger charge is 2.44. The zero-order valence-corrected chi connectivity index (χ0v) is 8.44. The Morgan fingerprint density at radius 2 is 2.13 bits per heavy atom. The zero-order valence-electron chi connectivity index (χ0n) is 8.44. The predicted octanol–water partition coefficient (Wildman–Crippen LogP) is 0.400. The molecule has 4 nitrogen and oxygen atoms in total. The van der Waals surface area contributed by atoms with E-state index in [2.05, 4.69) is 0 Å². The summed E-state index contributed by atoms with van der Waals surface area (Å²) in [5.74, 6) is -0.0645. The summed E-state index contributed by atoms with van der Waals surface area (Å²) >= 11 is 0. The fraction of sp³-hybridized carbons (Fsp3) is 0.727. The van der Waals surface area contributed by atoms with Gasteiger partial charge in [-0.15, -0.1) is 0 Å². The van der Waals surface area contributed by atoms with Gasteiger partial charge in [-0.3, -0.25) is 4.79 Å². The highest BCUT2D eigenvalue weighted by atomic mass is 16.7. The van der Waals surface area contributed by atoms with Gasteiger partial charge in [0.15, 0.2) is 12.1 Å². The molecule has 0 amide bonds. The second-order valence-electron chi connectivity index (χ2n) is 4.37. The summed E-state index contributed by atoms with van der Waals surface area (Å²) in [7, 11) is 0. The van der Waals surface area contributed by atoms with Gasteiger partial charge in [0.2, 0.25) is 0 Å². The predicted molar refractivity (Wildman–Crippen MR) is 51.1 cm³/mol. The molecule has 0 radical (unpaired) electrons. The van der Waals surface area contributed by atoms with Gasteiger partial charge in [0.25, 0.3) is 0 Å². The van der Waals surface area contributed by atoms with E-state index in [1.807, 2.05) is 0 Å². The molecule has 0 aromatic heterocycles. The molecule has 0 unspecified atom stereocenters. The van der Waals surface area contributed by atoms with Crippen molar-refractivity contribution in [1.29, 1.82) is 0 Å². The number of hydrogen-bond acceptors (Lipinski definition) is 4. The normalized spacial score (nSPS) is 40.3. The number of ketones is 1. The van der Waals surface area contributed by atoms with Crippen LogP contribution in [0.5, 0.6) is 0 Å². The highest BCUT2D eigenvalue weighted by molar-refractivity contribution is 5.99. The van der Waals surface area contributed by atoms with Crippen LogP contribution in [0, 0.1) is 5.92 Å². The van der Waals surface area contributed by atoms with Crippen LogP contribution >= 0.6 is 0 Å². The molecule has 1 fully saturated rings. The van der Waals surface area contributed by atoms with Gasteiger partial charge in [0, 0.05) is 12.0 Å². The Bertz CT molecular complexity index is 333. The molecule has 1 aliphatic carbocycles. The van der Waals surface area contributed by atoms with Crippen molar-refractivity contribution in [2.75, 3.05) is 13.2 Å². The number of hydrogen-bond donors (Lipinski definition) is 1. The van der Waals surface area contributed by atoms with E-state index in [0.717, 1.165) is 17.6 Å². The van der Waals surface area contributed by atoms with Gasteiger partial charge in [-0.05, 0) is 18.4 Å². The van der Waals surface area contributed by atoms with Crippen molar-refractivity contribution in [1.82, 2.24) is 0 Å². The first kappa shape index (κ1) is 9.51. The Hall–Kier alpha value is -0.710. The lowest BCUT2D eigenvalue weighted by Crippen LogP contribution is -2.46. The SMILES string of the molecule is O=C1CCC2=C1[C@H]1[C@H](OCC[C@@H]1O)OC2. The molecule has 3 rings (SSSR count). The monoisotopic (exact) mass is 210 g/mol. The Morgan fingerprint density at radius 1 is 1.27 bits per heavy atom. The Balaban J connectivity index is 1.98. The second kappa shape index (κ2) is 3.40. The maximum atomic E-state index is 11.7. The van der Waals surface area contributed by atoms with Gasteiger partial charge >= 0.3 is 0 Å². The number of ether oxygens (including phenoxy) is 2. The molecule has 0 aromatic rings. The first-order chi connectivity index (χ1) is 7.27. The van der Waals surface area contributed by atoms with Crippen LogP contribution in [0.15, 0.2) is 11.1 Å². The maximum Gasteiger partial charge on any atom is 0.167 e. The van der Waals surface area contributed by atoms with Crippen molar-refractivity contribution in [3.63, 3.8) is 0 Å². The third-order valence-electron chi connectivity index (χ3n) is 3.49. The van der Waals surface area contributed by atoms with Gasteiger partial charge in [0.05, 0.1) is 25.2 Å². The van der Waals surface area contributed by atoms with Crippen LogP contribution in [-0.4, -0.2) is 36.5 Å². The van der Waals surface area contributed by atoms with Crippen LogP contribution in [0.1, 0.15) is 19.3 Å². The molecule has 1 N–H and O–H groups in total. The molecule has 2 heterocycles. The number of aliphatic hydroxyl groups excluding tert-OH is 1. The first-order valence-corrected chi connectivity index (χ1v) is 5.44. The standard InChI is InChI=1S/C11H14O4/c12-7-2-1-6-5-15-11-10(9(6)7)8(13)3-4-14-11/h8,10-11,13H,1-5H2/t8-,10-,11+/m0/s1. The van der Waals surface area contributed by atoms with Crippen LogP contribution in [0.4, 0.5) is 0 Å². The largest absolute Gasteiger partial charge is 0.392 e. The number of aliphatic hydroxyl groups is 1. The van der Waals surface area contributed by atoms with Crippen molar-refractivity contribution in [3.05, 3.63) is 11.1 Å². The number of carbonyl (C=O) groups is 1. The van der Waals surface area contributed by atoms with Crippen LogP contribution < -0.4 is 0 Å². The maximum absolute atomic E-state index is 11.7. The molecule has 3 atom stereocenters. The van der Waals surface area contributed by atoms with Gasteiger partial charge in [-0.25, -0.2) is 0 Å². The van der Waals surface area contributed by atoms with E-state index >= 15 is 0 Å². The van der Waals surface area contributed by atoms with Crippen molar-refractivity contribution in [2.45, 2.75) is 31.7 Å². The third-order valence-corrected chi connectivity index (χ3v) is 3.49. The lowest BCUT2D eigenvalue weighted by atomic mass is 9.85. The van der Waals surface area contributed by atoms with Crippen molar-refractivity contribution >= 4 is 5.78 Å². The van der Waals surface area contributed by atoms with Gasteiger partial charge in [-0.2, -0.15) is 0 Å². The molecule has 0 spiro atoms. The van der Waals surface area contributed by atoms with E-state index in [4.69, 9.17) is 9.47 Å². The Morgan fingerprint density at radius 3 is 3.00 bits per heavy atom. The molecule has 15 heavy (non-hydrogen) atoms. The topological polar surface area (TPSA) is 55.8 Å². The average Bonchev–Trinajstić information content (AvgIpc) is 2.61. The number of carbonyl (C=O) groups excluding carboxylic acids is 1. The number of rotatable bonds is 0. The zero-order chi connectivity index (χ0) is 10.4. The lowest BCUT2D eigenvalue weighted by molar-refractivity contribution is -0.213. The third kappa shape index (κ3) is 1.36. The van der Waals surface area contributed by atoms with Crippen LogP contribution in [0.25, 0.3) is 0 Å². The van der Waals surface area contributed by atoms with E-state index in [-0.39, 0.29) is 11.7 Å². The van der Waals surface area contributed by atoms with Crippen molar-refractivity contribution in [3.8, 4) is 0 Å². The average molecular weight is 210 g/mol. The summed E-state index contributed by atoms with van der Waals surface area (Å²) in [6, 6.07) is 0. The molecule has 4 heteroatoms. The Labute approximate surface area is 87.9 Å². The quantitative estimate of drug-likeness (QED) is 0.628. The fourth-order valence-corrected chi connectivity index (χ4v) is 2.73. The molecule has 0 aromatic carbocycles. The van der Waals surface area contributed by atoms with Gasteiger partial charge in [-0.1, -0.05) is 0 Å². The molecule has 3 aliphatic rings. The van der Waals surface area contributed by atoms with Crippen LogP contribution in [0.2, 0.25) is 0 Å². The second-order valence-corrected chi connectivity index (χ2v) is 4.37. The number of Topliss-reactive ketones (excluding diaryl/α,β-unsaturated/α-hetero) is 1. The minimum absolute atomic E-state index is 0.174. The highest BCUT2D eigenvalue weighted by Crippen LogP contribution is 2.40. The lowest BCUT2D eigenvalue weighted by Gasteiger charge is -2.39. The van der Waals surface area contributed by atoms with Crippen molar-refractivity contribution < 1.29 is 19.4 Å².